The van der Waals surface area contributed by atoms with E-state index in [1.54, 1.807) is 46.8 Å². The number of carbonyl (C=O) groups is 2. The average molecular weight is 435 g/mol. The van der Waals surface area contributed by atoms with Crippen LogP contribution in [0.5, 0.6) is 0 Å². The molecule has 4 rings (SSSR count). The van der Waals surface area contributed by atoms with Gasteiger partial charge in [-0.1, -0.05) is 36.4 Å². The van der Waals surface area contributed by atoms with Crippen molar-refractivity contribution in [1.82, 2.24) is 9.80 Å². The fourth-order valence-corrected chi connectivity index (χ4v) is 3.96. The van der Waals surface area contributed by atoms with Crippen LogP contribution >= 0.6 is 11.3 Å². The van der Waals surface area contributed by atoms with Crippen LogP contribution in [-0.4, -0.2) is 28.2 Å². The summed E-state index contributed by atoms with van der Waals surface area (Å²) in [6, 6.07) is 20.6. The average Bonchev–Trinajstić information content (AvgIpc) is 3.56. The molecule has 0 aliphatic carbocycles. The van der Waals surface area contributed by atoms with Crippen molar-refractivity contribution in [3.8, 4) is 0 Å². The molecule has 0 aliphatic heterocycles. The van der Waals surface area contributed by atoms with E-state index >= 15 is 0 Å². The van der Waals surface area contributed by atoms with E-state index in [2.05, 4.69) is 0 Å². The maximum Gasteiger partial charge on any atom is 0.290 e. The second-order valence-corrected chi connectivity index (χ2v) is 8.06. The van der Waals surface area contributed by atoms with Crippen LogP contribution in [0, 0.1) is 0 Å². The fraction of sp³-hybridized carbons (Fsp3) is 0.167. The Morgan fingerprint density at radius 3 is 2.26 bits per heavy atom. The minimum Gasteiger partial charge on any atom is -0.467 e. The number of nitrogens with zero attached hydrogens (tertiary/aromatic N) is 2. The van der Waals surface area contributed by atoms with E-state index in [0.29, 0.717) is 18.8 Å². The van der Waals surface area contributed by atoms with E-state index in [-0.39, 0.29) is 30.7 Å². The predicted molar refractivity (Wildman–Crippen MR) is 117 cm³/mol. The fourth-order valence-electron chi connectivity index (χ4n) is 3.24. The van der Waals surface area contributed by atoms with Gasteiger partial charge in [0, 0.05) is 11.4 Å². The van der Waals surface area contributed by atoms with Crippen molar-refractivity contribution in [1.29, 1.82) is 0 Å². The van der Waals surface area contributed by atoms with Crippen LogP contribution in [0.2, 0.25) is 0 Å². The Morgan fingerprint density at radius 2 is 1.58 bits per heavy atom. The number of carbonyl (C=O) groups excluding carboxylic acids is 2. The molecular weight excluding hydrogens is 412 g/mol. The summed E-state index contributed by atoms with van der Waals surface area (Å²) in [5.41, 5.74) is 1.03. The molecule has 2 amide bonds. The van der Waals surface area contributed by atoms with Crippen molar-refractivity contribution in [2.24, 2.45) is 0 Å². The number of thiophene rings is 1. The van der Waals surface area contributed by atoms with Crippen LogP contribution in [0.1, 0.15) is 26.8 Å². The lowest BCUT2D eigenvalue weighted by atomic mass is 10.2. The third-order valence-corrected chi connectivity index (χ3v) is 5.63. The quantitative estimate of drug-likeness (QED) is 0.379. The molecule has 0 saturated heterocycles. The van der Waals surface area contributed by atoms with Crippen molar-refractivity contribution < 1.29 is 18.4 Å². The molecule has 0 aliphatic rings. The van der Waals surface area contributed by atoms with Crippen molar-refractivity contribution in [2.75, 3.05) is 6.54 Å². The van der Waals surface area contributed by atoms with Gasteiger partial charge in [0.15, 0.2) is 5.76 Å². The molecular formula is C24H22N2O4S. The van der Waals surface area contributed by atoms with Gasteiger partial charge in [0.1, 0.15) is 12.3 Å². The highest BCUT2D eigenvalue weighted by Gasteiger charge is 2.25. The topological polar surface area (TPSA) is 66.9 Å². The SMILES string of the molecule is O=C(CN(Cc1ccco1)C(=O)c1ccco1)N(Cc1ccccc1)Cc1cccs1. The molecule has 3 aromatic heterocycles. The molecule has 0 fully saturated rings. The molecule has 158 valence electrons. The number of rotatable bonds is 9. The summed E-state index contributed by atoms with van der Waals surface area (Å²) in [4.78, 5) is 30.7. The highest BCUT2D eigenvalue weighted by molar-refractivity contribution is 7.09. The molecule has 1 aromatic carbocycles. The lowest BCUT2D eigenvalue weighted by molar-refractivity contribution is -0.133. The molecule has 6 nitrogen and oxygen atoms in total. The Kier molecular flexibility index (Phi) is 6.64. The lowest BCUT2D eigenvalue weighted by Crippen LogP contribution is -2.42. The summed E-state index contributed by atoms with van der Waals surface area (Å²) >= 11 is 1.60. The highest BCUT2D eigenvalue weighted by atomic mass is 32.1. The first kappa shape index (κ1) is 20.7. The molecule has 0 N–H and O–H groups in total. The first-order valence-corrected chi connectivity index (χ1v) is 10.8. The second-order valence-electron chi connectivity index (χ2n) is 7.03. The van der Waals surface area contributed by atoms with E-state index in [0.717, 1.165) is 10.4 Å². The lowest BCUT2D eigenvalue weighted by Gasteiger charge is -2.27. The van der Waals surface area contributed by atoms with E-state index in [1.165, 1.54) is 11.2 Å². The van der Waals surface area contributed by atoms with Gasteiger partial charge >= 0.3 is 0 Å². The summed E-state index contributed by atoms with van der Waals surface area (Å²) in [6.45, 7) is 1.03. The van der Waals surface area contributed by atoms with E-state index < -0.39 is 0 Å². The summed E-state index contributed by atoms with van der Waals surface area (Å²) in [5, 5.41) is 1.99. The summed E-state index contributed by atoms with van der Waals surface area (Å²) in [5.74, 6) is 0.280. The summed E-state index contributed by atoms with van der Waals surface area (Å²) in [7, 11) is 0. The van der Waals surface area contributed by atoms with Gasteiger partial charge in [-0.15, -0.1) is 11.3 Å². The number of furan rings is 2. The van der Waals surface area contributed by atoms with Gasteiger partial charge in [-0.2, -0.15) is 0 Å². The summed E-state index contributed by atoms with van der Waals surface area (Å²) in [6.07, 6.45) is 2.99. The van der Waals surface area contributed by atoms with Crippen LogP contribution < -0.4 is 0 Å². The van der Waals surface area contributed by atoms with Crippen LogP contribution in [-0.2, 0) is 24.4 Å². The zero-order chi connectivity index (χ0) is 21.5. The van der Waals surface area contributed by atoms with E-state index in [4.69, 9.17) is 8.83 Å². The number of benzene rings is 1. The number of hydrogen-bond donors (Lipinski definition) is 0. The van der Waals surface area contributed by atoms with Crippen LogP contribution in [0.4, 0.5) is 0 Å². The zero-order valence-corrected chi connectivity index (χ0v) is 17.7. The maximum absolute atomic E-state index is 13.4. The Morgan fingerprint density at radius 1 is 0.774 bits per heavy atom. The second kappa shape index (κ2) is 9.95. The van der Waals surface area contributed by atoms with Crippen molar-refractivity contribution in [3.05, 3.63) is 107 Å². The third-order valence-electron chi connectivity index (χ3n) is 4.77. The Labute approximate surface area is 184 Å². The van der Waals surface area contributed by atoms with Crippen LogP contribution in [0.3, 0.4) is 0 Å². The molecule has 0 unspecified atom stereocenters. The predicted octanol–water partition coefficient (Wildman–Crippen LogP) is 4.81. The molecule has 0 radical (unpaired) electrons. The van der Waals surface area contributed by atoms with Gasteiger partial charge in [0.05, 0.1) is 25.6 Å². The maximum atomic E-state index is 13.4. The third kappa shape index (κ3) is 5.52. The zero-order valence-electron chi connectivity index (χ0n) is 16.8. The first-order chi connectivity index (χ1) is 15.2. The van der Waals surface area contributed by atoms with Gasteiger partial charge in [0.2, 0.25) is 5.91 Å². The van der Waals surface area contributed by atoms with Gasteiger partial charge in [-0.05, 0) is 41.3 Å². The molecule has 31 heavy (non-hydrogen) atoms. The molecule has 0 saturated carbocycles. The molecule has 0 atom stereocenters. The standard InChI is InChI=1S/C24H22N2O4S/c27-23(25(17-21-10-6-14-31-21)15-19-7-2-1-3-8-19)18-26(16-20-9-4-12-29-20)24(28)22-11-5-13-30-22/h1-14H,15-18H2. The van der Waals surface area contributed by atoms with Crippen molar-refractivity contribution >= 4 is 23.2 Å². The van der Waals surface area contributed by atoms with E-state index in [9.17, 15) is 9.59 Å². The Hall–Kier alpha value is -3.58. The van der Waals surface area contributed by atoms with Crippen LogP contribution in [0.25, 0.3) is 0 Å². The van der Waals surface area contributed by atoms with E-state index in [1.807, 2.05) is 47.8 Å². The molecule has 3 heterocycles. The minimum absolute atomic E-state index is 0.0849. The molecule has 0 spiro atoms. The monoisotopic (exact) mass is 434 g/mol. The molecule has 0 bridgehead atoms. The highest BCUT2D eigenvalue weighted by Crippen LogP contribution is 2.17. The van der Waals surface area contributed by atoms with Crippen molar-refractivity contribution in [2.45, 2.75) is 19.6 Å². The minimum atomic E-state index is -0.356. The summed E-state index contributed by atoms with van der Waals surface area (Å²) < 4.78 is 10.7. The van der Waals surface area contributed by atoms with Crippen LogP contribution in [0.15, 0.2) is 93.5 Å². The number of hydrogen-bond acceptors (Lipinski definition) is 5. The van der Waals surface area contributed by atoms with Gasteiger partial charge in [-0.3, -0.25) is 9.59 Å². The smallest absolute Gasteiger partial charge is 0.290 e. The first-order valence-electron chi connectivity index (χ1n) is 9.88. The Balaban J connectivity index is 1.54. The molecule has 7 heteroatoms. The largest absolute Gasteiger partial charge is 0.467 e. The number of amides is 2. The normalized spacial score (nSPS) is 10.7. The van der Waals surface area contributed by atoms with Gasteiger partial charge in [0.25, 0.3) is 5.91 Å². The van der Waals surface area contributed by atoms with Gasteiger partial charge < -0.3 is 18.6 Å². The van der Waals surface area contributed by atoms with Crippen molar-refractivity contribution in [3.63, 3.8) is 0 Å². The molecule has 4 aromatic rings. The van der Waals surface area contributed by atoms with Gasteiger partial charge in [-0.25, -0.2) is 0 Å². The Bertz CT molecular complexity index is 1070.